The largest absolute Gasteiger partial charge is 0.488 e. The highest BCUT2D eigenvalue weighted by molar-refractivity contribution is 7.14. The summed E-state index contributed by atoms with van der Waals surface area (Å²) in [7, 11) is 3.49. The molecule has 0 radical (unpaired) electrons. The van der Waals surface area contributed by atoms with Crippen LogP contribution in [0.15, 0.2) is 41.8 Å². The first-order valence-corrected chi connectivity index (χ1v) is 12.6. The van der Waals surface area contributed by atoms with Crippen LogP contribution in [0.1, 0.15) is 39.9 Å². The summed E-state index contributed by atoms with van der Waals surface area (Å²) in [4.78, 5) is 32.1. The van der Waals surface area contributed by atoms with Crippen molar-refractivity contribution in [2.45, 2.75) is 33.3 Å². The van der Waals surface area contributed by atoms with Crippen molar-refractivity contribution in [3.63, 3.8) is 0 Å². The lowest BCUT2D eigenvalue weighted by atomic mass is 9.97. The first kappa shape index (κ1) is 24.7. The molecule has 1 N–H and O–H groups in total. The summed E-state index contributed by atoms with van der Waals surface area (Å²) in [6, 6.07) is 11.8. The van der Waals surface area contributed by atoms with Gasteiger partial charge in [-0.2, -0.15) is 0 Å². The molecule has 0 aliphatic carbocycles. The molecule has 0 spiro atoms. The first-order valence-electron chi connectivity index (χ1n) is 11.7. The molecule has 7 nitrogen and oxygen atoms in total. The minimum Gasteiger partial charge on any atom is -0.488 e. The van der Waals surface area contributed by atoms with Gasteiger partial charge in [0.2, 0.25) is 0 Å². The van der Waals surface area contributed by atoms with Crippen LogP contribution in [-0.4, -0.2) is 54.1 Å². The molecule has 0 saturated carbocycles. The fraction of sp³-hybridized carbons (Fsp3) is 0.370. The fourth-order valence-electron chi connectivity index (χ4n) is 4.23. The van der Waals surface area contributed by atoms with Gasteiger partial charge in [-0.15, -0.1) is 11.3 Å². The number of benzene rings is 2. The molecule has 184 valence electrons. The number of rotatable bonds is 7. The Morgan fingerprint density at radius 3 is 2.54 bits per heavy atom. The Bertz CT molecular complexity index is 1230. The third-order valence-corrected chi connectivity index (χ3v) is 7.30. The number of carbonyl (C=O) groups excluding carboxylic acids is 1. The number of piperidine rings is 1. The average molecular weight is 494 g/mol. The van der Waals surface area contributed by atoms with Gasteiger partial charge in [0, 0.05) is 43.7 Å². The molecule has 3 aromatic rings. The van der Waals surface area contributed by atoms with E-state index in [4.69, 9.17) is 9.72 Å². The molecular formula is C27H31N3O4S. The van der Waals surface area contributed by atoms with E-state index >= 15 is 0 Å². The second kappa shape index (κ2) is 10.5. The van der Waals surface area contributed by atoms with E-state index in [1.54, 1.807) is 30.3 Å². The number of thiazole rings is 1. The lowest BCUT2D eigenvalue weighted by Crippen LogP contribution is -2.36. The van der Waals surface area contributed by atoms with Gasteiger partial charge < -0.3 is 19.6 Å². The molecular weight excluding hydrogens is 462 g/mol. The summed E-state index contributed by atoms with van der Waals surface area (Å²) in [5.74, 6) is -0.237. The zero-order chi connectivity index (χ0) is 25.1. The highest BCUT2D eigenvalue weighted by Gasteiger charge is 2.26. The predicted molar refractivity (Wildman–Crippen MR) is 138 cm³/mol. The number of anilines is 1. The van der Waals surface area contributed by atoms with Gasteiger partial charge in [0.15, 0.2) is 5.13 Å². The van der Waals surface area contributed by atoms with E-state index in [2.05, 4.69) is 11.0 Å². The summed E-state index contributed by atoms with van der Waals surface area (Å²) in [5.41, 5.74) is 5.60. The van der Waals surface area contributed by atoms with E-state index in [0.717, 1.165) is 38.8 Å². The Hall–Kier alpha value is -3.39. The van der Waals surface area contributed by atoms with Gasteiger partial charge in [-0.05, 0) is 62.1 Å². The zero-order valence-electron chi connectivity index (χ0n) is 20.6. The summed E-state index contributed by atoms with van der Waals surface area (Å²) >= 11 is 1.57. The molecule has 1 fully saturated rings. The molecule has 0 atom stereocenters. The average Bonchev–Trinajstić information content (AvgIpc) is 3.33. The maximum atomic E-state index is 12.2. The van der Waals surface area contributed by atoms with Crippen molar-refractivity contribution in [3.8, 4) is 17.0 Å². The van der Waals surface area contributed by atoms with E-state index < -0.39 is 5.97 Å². The molecule has 1 aliphatic heterocycles. The lowest BCUT2D eigenvalue weighted by Gasteiger charge is -2.29. The third kappa shape index (κ3) is 5.65. The number of carbonyl (C=O) groups is 2. The maximum Gasteiger partial charge on any atom is 0.306 e. The molecule has 2 heterocycles. The Labute approximate surface area is 210 Å². The van der Waals surface area contributed by atoms with Crippen molar-refractivity contribution in [1.29, 1.82) is 0 Å². The standard InChI is InChI=1S/C27H31N3O4S/c1-17-5-8-24(34-15-21-7-6-20(14-18(21)2)25(31)29(3)4)22(13-17)23-16-35-27(28-23)30-11-9-19(10-12-30)26(32)33/h5-8,13-14,16,19H,9-12,15H2,1-4H3,(H,32,33). The van der Waals surface area contributed by atoms with Gasteiger partial charge in [-0.1, -0.05) is 17.7 Å². The van der Waals surface area contributed by atoms with Crippen molar-refractivity contribution in [2.24, 2.45) is 5.92 Å². The Morgan fingerprint density at radius 2 is 1.89 bits per heavy atom. The zero-order valence-corrected chi connectivity index (χ0v) is 21.4. The number of carboxylic acids is 1. The highest BCUT2D eigenvalue weighted by atomic mass is 32.1. The van der Waals surface area contributed by atoms with Crippen molar-refractivity contribution in [1.82, 2.24) is 9.88 Å². The molecule has 35 heavy (non-hydrogen) atoms. The van der Waals surface area contributed by atoms with Crippen LogP contribution in [0.3, 0.4) is 0 Å². The van der Waals surface area contributed by atoms with Gasteiger partial charge in [0.1, 0.15) is 12.4 Å². The van der Waals surface area contributed by atoms with E-state index in [0.29, 0.717) is 38.1 Å². The van der Waals surface area contributed by atoms with Crippen molar-refractivity contribution in [2.75, 3.05) is 32.1 Å². The van der Waals surface area contributed by atoms with E-state index in [9.17, 15) is 14.7 Å². The number of hydrogen-bond acceptors (Lipinski definition) is 6. The number of aryl methyl sites for hydroxylation is 2. The van der Waals surface area contributed by atoms with Crippen LogP contribution < -0.4 is 9.64 Å². The second-order valence-corrected chi connectivity index (χ2v) is 10.1. The molecule has 0 bridgehead atoms. The van der Waals surface area contributed by atoms with Crippen molar-refractivity contribution < 1.29 is 19.4 Å². The minimum atomic E-state index is -0.708. The summed E-state index contributed by atoms with van der Waals surface area (Å²) in [5, 5.41) is 12.2. The number of aliphatic carboxylic acids is 1. The fourth-order valence-corrected chi connectivity index (χ4v) is 5.10. The number of nitrogens with zero attached hydrogens (tertiary/aromatic N) is 3. The van der Waals surface area contributed by atoms with Crippen LogP contribution in [0.25, 0.3) is 11.3 Å². The van der Waals surface area contributed by atoms with E-state index in [1.165, 1.54) is 0 Å². The number of hydrogen-bond donors (Lipinski definition) is 1. The van der Waals surface area contributed by atoms with Crippen molar-refractivity contribution >= 4 is 28.3 Å². The smallest absolute Gasteiger partial charge is 0.306 e. The topological polar surface area (TPSA) is 83.0 Å². The summed E-state index contributed by atoms with van der Waals surface area (Å²) in [6.45, 7) is 5.82. The van der Waals surface area contributed by atoms with Gasteiger partial charge in [0.05, 0.1) is 11.6 Å². The number of amides is 1. The van der Waals surface area contributed by atoms with Gasteiger partial charge in [-0.25, -0.2) is 4.98 Å². The number of ether oxygens (including phenoxy) is 1. The second-order valence-electron chi connectivity index (χ2n) is 9.24. The molecule has 1 aromatic heterocycles. The first-order chi connectivity index (χ1) is 16.7. The summed E-state index contributed by atoms with van der Waals surface area (Å²) < 4.78 is 6.25. The molecule has 0 unspecified atom stereocenters. The predicted octanol–water partition coefficient (Wildman–Crippen LogP) is 5.01. The highest BCUT2D eigenvalue weighted by Crippen LogP contribution is 2.36. The Morgan fingerprint density at radius 1 is 1.14 bits per heavy atom. The van der Waals surface area contributed by atoms with Crippen LogP contribution in [0.5, 0.6) is 5.75 Å². The Kier molecular flexibility index (Phi) is 7.40. The normalized spacial score (nSPS) is 14.1. The van der Waals surface area contributed by atoms with Crippen LogP contribution in [0.4, 0.5) is 5.13 Å². The van der Waals surface area contributed by atoms with Crippen LogP contribution in [0, 0.1) is 19.8 Å². The third-order valence-electron chi connectivity index (χ3n) is 6.40. The molecule has 4 rings (SSSR count). The quantitative estimate of drug-likeness (QED) is 0.498. The monoisotopic (exact) mass is 493 g/mol. The van der Waals surface area contributed by atoms with Crippen LogP contribution in [-0.2, 0) is 11.4 Å². The molecule has 1 amide bonds. The van der Waals surface area contributed by atoms with Gasteiger partial charge in [0.25, 0.3) is 5.91 Å². The molecule has 8 heteroatoms. The number of carboxylic acid groups (broad SMARTS) is 1. The van der Waals surface area contributed by atoms with Gasteiger partial charge in [-0.3, -0.25) is 9.59 Å². The van der Waals surface area contributed by atoms with E-state index in [1.807, 2.05) is 49.6 Å². The molecule has 2 aromatic carbocycles. The van der Waals surface area contributed by atoms with Gasteiger partial charge >= 0.3 is 5.97 Å². The van der Waals surface area contributed by atoms with E-state index in [-0.39, 0.29) is 11.8 Å². The molecule has 1 aliphatic rings. The Balaban J connectivity index is 1.50. The maximum absolute atomic E-state index is 12.2. The molecule has 1 saturated heterocycles. The van der Waals surface area contributed by atoms with Crippen LogP contribution >= 0.6 is 11.3 Å². The summed E-state index contributed by atoms with van der Waals surface area (Å²) in [6.07, 6.45) is 1.28. The van der Waals surface area contributed by atoms with Crippen LogP contribution in [0.2, 0.25) is 0 Å². The SMILES string of the molecule is Cc1ccc(OCc2ccc(C(=O)N(C)C)cc2C)c(-c2csc(N3CCC(C(=O)O)CC3)n2)c1. The van der Waals surface area contributed by atoms with Crippen molar-refractivity contribution in [3.05, 3.63) is 64.0 Å². The minimum absolute atomic E-state index is 0.0205. The lowest BCUT2D eigenvalue weighted by molar-refractivity contribution is -0.142. The number of aromatic nitrogens is 1.